The zero-order valence-corrected chi connectivity index (χ0v) is 15.1. The Morgan fingerprint density at radius 3 is 2.69 bits per heavy atom. The highest BCUT2D eigenvalue weighted by molar-refractivity contribution is 5.92. The number of para-hydroxylation sites is 1. The molecule has 0 spiro atoms. The van der Waals surface area contributed by atoms with E-state index in [9.17, 15) is 4.79 Å². The Labute approximate surface area is 152 Å². The fourth-order valence-corrected chi connectivity index (χ4v) is 2.63. The van der Waals surface area contributed by atoms with E-state index in [-0.39, 0.29) is 12.6 Å². The summed E-state index contributed by atoms with van der Waals surface area (Å²) in [5, 5.41) is 11.5. The topological polar surface area (TPSA) is 74.0 Å². The van der Waals surface area contributed by atoms with Crippen molar-refractivity contribution in [1.82, 2.24) is 24.9 Å². The maximum atomic E-state index is 12.2. The fraction of sp³-hybridized carbons (Fsp3) is 0.316. The van der Waals surface area contributed by atoms with Crippen molar-refractivity contribution in [2.45, 2.75) is 33.5 Å². The highest BCUT2D eigenvalue weighted by Crippen LogP contribution is 2.09. The maximum Gasteiger partial charge on any atom is 0.271 e. The molecule has 136 valence electrons. The highest BCUT2D eigenvalue weighted by Gasteiger charge is 2.09. The fourth-order valence-electron chi connectivity index (χ4n) is 2.63. The molecule has 0 saturated carbocycles. The lowest BCUT2D eigenvalue weighted by molar-refractivity contribution is 0.0945. The van der Waals surface area contributed by atoms with Gasteiger partial charge in [0.05, 0.1) is 5.69 Å². The minimum absolute atomic E-state index is 0.183. The van der Waals surface area contributed by atoms with Crippen LogP contribution in [0.3, 0.4) is 0 Å². The molecule has 7 heteroatoms. The average molecular weight is 353 g/mol. The molecule has 2 heterocycles. The van der Waals surface area contributed by atoms with E-state index < -0.39 is 0 Å². The van der Waals surface area contributed by atoms with Gasteiger partial charge in [-0.25, -0.2) is 4.68 Å². The summed E-state index contributed by atoms with van der Waals surface area (Å²) in [6, 6.07) is 13.2. The largest absolute Gasteiger partial charge is 0.471 e. The van der Waals surface area contributed by atoms with Gasteiger partial charge in [-0.1, -0.05) is 18.2 Å². The smallest absolute Gasteiger partial charge is 0.271 e. The van der Waals surface area contributed by atoms with Gasteiger partial charge in [-0.15, -0.1) is 0 Å². The molecule has 26 heavy (non-hydrogen) atoms. The van der Waals surface area contributed by atoms with Crippen molar-refractivity contribution in [3.8, 4) is 5.75 Å². The first-order valence-electron chi connectivity index (χ1n) is 8.62. The first kappa shape index (κ1) is 17.7. The molecule has 2 aromatic heterocycles. The summed E-state index contributed by atoms with van der Waals surface area (Å²) in [5.74, 6) is 0.579. The summed E-state index contributed by atoms with van der Waals surface area (Å²) in [7, 11) is 0. The molecule has 3 aromatic rings. The minimum atomic E-state index is -0.183. The lowest BCUT2D eigenvalue weighted by Crippen LogP contribution is -2.26. The van der Waals surface area contributed by atoms with Crippen LogP contribution in [-0.4, -0.2) is 32.0 Å². The van der Waals surface area contributed by atoms with Crippen molar-refractivity contribution in [2.75, 3.05) is 6.54 Å². The van der Waals surface area contributed by atoms with E-state index >= 15 is 0 Å². The summed E-state index contributed by atoms with van der Waals surface area (Å²) in [6.07, 6.45) is 2.54. The number of nitrogens with zero attached hydrogens (tertiary/aromatic N) is 4. The third-order valence-electron chi connectivity index (χ3n) is 3.92. The molecule has 0 aliphatic rings. The summed E-state index contributed by atoms with van der Waals surface area (Å²) in [5.41, 5.74) is 2.52. The van der Waals surface area contributed by atoms with Crippen LogP contribution < -0.4 is 10.1 Å². The van der Waals surface area contributed by atoms with Gasteiger partial charge in [0, 0.05) is 25.0 Å². The van der Waals surface area contributed by atoms with Crippen LogP contribution in [0.2, 0.25) is 0 Å². The third-order valence-corrected chi connectivity index (χ3v) is 3.92. The van der Waals surface area contributed by atoms with Crippen molar-refractivity contribution < 1.29 is 9.53 Å². The molecular weight excluding hydrogens is 330 g/mol. The number of carbonyl (C=O) groups excluding carboxylic acids is 1. The lowest BCUT2D eigenvalue weighted by atomic mass is 10.3. The second-order valence-corrected chi connectivity index (χ2v) is 6.09. The number of nitrogens with one attached hydrogen (secondary N) is 1. The number of ether oxygens (including phenoxy) is 1. The lowest BCUT2D eigenvalue weighted by Gasteiger charge is -2.06. The van der Waals surface area contributed by atoms with Crippen LogP contribution in [0.25, 0.3) is 0 Å². The van der Waals surface area contributed by atoms with Crippen molar-refractivity contribution in [2.24, 2.45) is 0 Å². The Kier molecular flexibility index (Phi) is 5.68. The number of hydrogen-bond acceptors (Lipinski definition) is 4. The second kappa shape index (κ2) is 8.33. The van der Waals surface area contributed by atoms with E-state index in [2.05, 4.69) is 15.5 Å². The number of aromatic nitrogens is 4. The van der Waals surface area contributed by atoms with Gasteiger partial charge in [0.15, 0.2) is 6.73 Å². The monoisotopic (exact) mass is 353 g/mol. The first-order chi connectivity index (χ1) is 12.6. The van der Waals surface area contributed by atoms with E-state index in [1.54, 1.807) is 16.9 Å². The predicted molar refractivity (Wildman–Crippen MR) is 97.9 cm³/mol. The van der Waals surface area contributed by atoms with Crippen LogP contribution in [0.4, 0.5) is 0 Å². The van der Waals surface area contributed by atoms with Gasteiger partial charge < -0.3 is 10.1 Å². The molecule has 0 unspecified atom stereocenters. The highest BCUT2D eigenvalue weighted by atomic mass is 16.5. The third kappa shape index (κ3) is 4.72. The Bertz CT molecular complexity index is 854. The molecule has 1 amide bonds. The zero-order chi connectivity index (χ0) is 18.4. The van der Waals surface area contributed by atoms with Crippen LogP contribution in [0, 0.1) is 13.8 Å². The van der Waals surface area contributed by atoms with Crippen LogP contribution in [0.5, 0.6) is 5.75 Å². The van der Waals surface area contributed by atoms with E-state index in [1.165, 1.54) is 0 Å². The second-order valence-electron chi connectivity index (χ2n) is 6.09. The minimum Gasteiger partial charge on any atom is -0.471 e. The van der Waals surface area contributed by atoms with E-state index in [0.717, 1.165) is 30.1 Å². The predicted octanol–water partition coefficient (Wildman–Crippen LogP) is 2.55. The number of hydrogen-bond donors (Lipinski definition) is 1. The van der Waals surface area contributed by atoms with Gasteiger partial charge in [-0.3, -0.25) is 9.48 Å². The van der Waals surface area contributed by atoms with Gasteiger partial charge in [-0.2, -0.15) is 10.2 Å². The van der Waals surface area contributed by atoms with Crippen molar-refractivity contribution in [1.29, 1.82) is 0 Å². The molecule has 0 radical (unpaired) electrons. The molecule has 0 aliphatic heterocycles. The quantitative estimate of drug-likeness (QED) is 0.632. The molecule has 0 aliphatic carbocycles. The molecular formula is C19H23N5O2. The van der Waals surface area contributed by atoms with Crippen LogP contribution >= 0.6 is 0 Å². The Hall–Kier alpha value is -3.09. The molecule has 0 fully saturated rings. The number of carbonyl (C=O) groups is 1. The van der Waals surface area contributed by atoms with Gasteiger partial charge in [0.1, 0.15) is 11.4 Å². The van der Waals surface area contributed by atoms with E-state index in [1.807, 2.05) is 54.9 Å². The van der Waals surface area contributed by atoms with E-state index in [4.69, 9.17) is 4.74 Å². The maximum absolute atomic E-state index is 12.2. The van der Waals surface area contributed by atoms with Crippen molar-refractivity contribution in [3.63, 3.8) is 0 Å². The van der Waals surface area contributed by atoms with Gasteiger partial charge in [0.25, 0.3) is 5.91 Å². The van der Waals surface area contributed by atoms with Crippen LogP contribution in [0.15, 0.2) is 48.7 Å². The number of rotatable bonds is 8. The normalized spacial score (nSPS) is 10.7. The first-order valence-corrected chi connectivity index (χ1v) is 8.62. The van der Waals surface area contributed by atoms with Crippen LogP contribution in [0.1, 0.15) is 28.3 Å². The average Bonchev–Trinajstić information content (AvgIpc) is 3.24. The number of amides is 1. The molecule has 0 bridgehead atoms. The van der Waals surface area contributed by atoms with Gasteiger partial charge in [-0.05, 0) is 44.5 Å². The Balaban J connectivity index is 1.42. The van der Waals surface area contributed by atoms with Crippen LogP contribution in [-0.2, 0) is 13.3 Å². The molecule has 0 saturated heterocycles. The molecule has 7 nitrogen and oxygen atoms in total. The summed E-state index contributed by atoms with van der Waals surface area (Å²) in [4.78, 5) is 12.2. The van der Waals surface area contributed by atoms with Gasteiger partial charge in [0.2, 0.25) is 0 Å². The zero-order valence-electron chi connectivity index (χ0n) is 15.1. The molecule has 0 atom stereocenters. The van der Waals surface area contributed by atoms with Crippen molar-refractivity contribution >= 4 is 5.91 Å². The molecule has 3 rings (SSSR count). The van der Waals surface area contributed by atoms with Gasteiger partial charge >= 0.3 is 0 Å². The molecule has 1 N–H and O–H groups in total. The SMILES string of the molecule is Cc1cc(C)n(CCCNC(=O)c2ccn(COc3ccccc3)n2)n1. The van der Waals surface area contributed by atoms with E-state index in [0.29, 0.717) is 12.2 Å². The Morgan fingerprint density at radius 1 is 1.15 bits per heavy atom. The van der Waals surface area contributed by atoms with Crippen molar-refractivity contribution in [3.05, 3.63) is 65.7 Å². The number of benzene rings is 1. The molecule has 1 aromatic carbocycles. The summed E-state index contributed by atoms with van der Waals surface area (Å²) < 4.78 is 9.16. The summed E-state index contributed by atoms with van der Waals surface area (Å²) in [6.45, 7) is 5.62. The standard InChI is InChI=1S/C19H23N5O2/c1-15-13-16(2)24(21-15)11-6-10-20-19(25)18-9-12-23(22-18)14-26-17-7-4-3-5-8-17/h3-5,7-9,12-13H,6,10-11,14H2,1-2H3,(H,20,25). The Morgan fingerprint density at radius 2 is 1.96 bits per heavy atom. The summed E-state index contributed by atoms with van der Waals surface area (Å²) >= 11 is 0. The number of aryl methyl sites for hydroxylation is 3.